The van der Waals surface area contributed by atoms with Crippen LogP contribution in [0.4, 0.5) is 17.6 Å². The van der Waals surface area contributed by atoms with Crippen molar-refractivity contribution in [2.24, 2.45) is 4.99 Å². The molecule has 1 aliphatic heterocycles. The molecule has 0 unspecified atom stereocenters. The molecular formula is C18H17F4N3O2S. The number of benzene rings is 1. The Kier molecular flexibility index (Phi) is 6.28. The van der Waals surface area contributed by atoms with Crippen molar-refractivity contribution < 1.29 is 26.8 Å². The number of carbonyl (C=O) groups is 1. The lowest BCUT2D eigenvalue weighted by Gasteiger charge is -2.29. The van der Waals surface area contributed by atoms with Gasteiger partial charge in [-0.15, -0.1) is 0 Å². The van der Waals surface area contributed by atoms with Crippen LogP contribution in [0.25, 0.3) is 0 Å². The Labute approximate surface area is 162 Å². The summed E-state index contributed by atoms with van der Waals surface area (Å²) >= 11 is 0.889. The summed E-state index contributed by atoms with van der Waals surface area (Å²) in [6.45, 7) is 0.194. The first kappa shape index (κ1) is 20.2. The van der Waals surface area contributed by atoms with Gasteiger partial charge in [-0.05, 0) is 29.8 Å². The maximum absolute atomic E-state index is 13.2. The summed E-state index contributed by atoms with van der Waals surface area (Å²) in [7, 11) is 0. The number of nitrogens with zero attached hydrogens (tertiary/aromatic N) is 1. The maximum atomic E-state index is 13.2. The van der Waals surface area contributed by atoms with Gasteiger partial charge in [0.1, 0.15) is 23.7 Å². The van der Waals surface area contributed by atoms with Crippen molar-refractivity contribution in [2.45, 2.75) is 31.2 Å². The van der Waals surface area contributed by atoms with Gasteiger partial charge in [-0.1, -0.05) is 23.9 Å². The zero-order valence-electron chi connectivity index (χ0n) is 14.5. The van der Waals surface area contributed by atoms with Gasteiger partial charge >= 0.3 is 6.18 Å². The molecule has 0 saturated heterocycles. The van der Waals surface area contributed by atoms with Gasteiger partial charge in [0, 0.05) is 13.0 Å². The van der Waals surface area contributed by atoms with Gasteiger partial charge in [0.15, 0.2) is 5.17 Å². The Morgan fingerprint density at radius 3 is 2.68 bits per heavy atom. The third kappa shape index (κ3) is 5.51. The van der Waals surface area contributed by atoms with Crippen molar-refractivity contribution in [3.05, 3.63) is 59.8 Å². The van der Waals surface area contributed by atoms with Gasteiger partial charge in [0.2, 0.25) is 5.91 Å². The largest absolute Gasteiger partial charge is 0.467 e. The van der Waals surface area contributed by atoms with E-state index in [1.54, 1.807) is 12.1 Å². The monoisotopic (exact) mass is 415 g/mol. The highest BCUT2D eigenvalue weighted by atomic mass is 32.2. The van der Waals surface area contributed by atoms with Gasteiger partial charge in [-0.2, -0.15) is 13.2 Å². The zero-order valence-corrected chi connectivity index (χ0v) is 15.3. The van der Waals surface area contributed by atoms with Crippen LogP contribution in [0.5, 0.6) is 0 Å². The number of hydrogen-bond donors (Lipinski definition) is 2. The van der Waals surface area contributed by atoms with Crippen molar-refractivity contribution in [1.82, 2.24) is 10.6 Å². The van der Waals surface area contributed by atoms with Gasteiger partial charge in [0.25, 0.3) is 0 Å². The first-order valence-electron chi connectivity index (χ1n) is 8.39. The molecule has 1 aliphatic rings. The highest BCUT2D eigenvalue weighted by Crippen LogP contribution is 2.34. The summed E-state index contributed by atoms with van der Waals surface area (Å²) in [6.07, 6.45) is -3.35. The molecule has 1 aromatic carbocycles. The Morgan fingerprint density at radius 2 is 2.04 bits per heavy atom. The van der Waals surface area contributed by atoms with Crippen molar-refractivity contribution in [2.75, 3.05) is 5.75 Å². The molecule has 1 amide bonds. The smallest absolute Gasteiger partial charge is 0.408 e. The first-order chi connectivity index (χ1) is 13.3. The van der Waals surface area contributed by atoms with Crippen LogP contribution < -0.4 is 10.6 Å². The molecule has 150 valence electrons. The molecule has 0 bridgehead atoms. The molecule has 0 fully saturated rings. The summed E-state index contributed by atoms with van der Waals surface area (Å²) in [5.41, 5.74) is 0.711. The highest BCUT2D eigenvalue weighted by Gasteiger charge is 2.44. The Balaban J connectivity index is 1.57. The number of thioether (sulfide) groups is 1. The van der Waals surface area contributed by atoms with Gasteiger partial charge in [0.05, 0.1) is 12.0 Å². The molecule has 0 saturated carbocycles. The number of carbonyl (C=O) groups excluding carboxylic acids is 1. The van der Waals surface area contributed by atoms with Gasteiger partial charge in [-0.25, -0.2) is 4.39 Å². The van der Waals surface area contributed by atoms with E-state index in [0.29, 0.717) is 11.3 Å². The zero-order chi connectivity index (χ0) is 20.1. The first-order valence-corrected chi connectivity index (χ1v) is 9.38. The molecule has 0 spiro atoms. The molecule has 2 N–H and O–H groups in total. The normalized spacial score (nSPS) is 19.6. The number of amidine groups is 1. The van der Waals surface area contributed by atoms with E-state index in [-0.39, 0.29) is 35.6 Å². The fraction of sp³-hybridized carbons (Fsp3) is 0.333. The van der Waals surface area contributed by atoms with Crippen LogP contribution in [0.1, 0.15) is 23.8 Å². The van der Waals surface area contributed by atoms with Gasteiger partial charge < -0.3 is 15.1 Å². The van der Waals surface area contributed by atoms with E-state index < -0.39 is 18.3 Å². The number of furan rings is 1. The number of nitrogens with one attached hydrogen (secondary N) is 2. The van der Waals surface area contributed by atoms with Crippen molar-refractivity contribution in [3.8, 4) is 0 Å². The van der Waals surface area contributed by atoms with Crippen LogP contribution in [-0.4, -0.2) is 29.0 Å². The van der Waals surface area contributed by atoms with Crippen molar-refractivity contribution >= 4 is 22.8 Å². The molecule has 0 radical (unpaired) electrons. The minimum Gasteiger partial charge on any atom is -0.467 e. The third-order valence-electron chi connectivity index (χ3n) is 4.04. The van der Waals surface area contributed by atoms with Gasteiger partial charge in [-0.3, -0.25) is 9.79 Å². The fourth-order valence-corrected chi connectivity index (χ4v) is 3.40. The van der Waals surface area contributed by atoms with Crippen molar-refractivity contribution in [1.29, 1.82) is 0 Å². The van der Waals surface area contributed by atoms with Crippen LogP contribution >= 0.6 is 11.8 Å². The second-order valence-corrected chi connectivity index (χ2v) is 7.10. The van der Waals surface area contributed by atoms with E-state index in [1.165, 1.54) is 30.5 Å². The van der Waals surface area contributed by atoms with E-state index in [4.69, 9.17) is 4.42 Å². The van der Waals surface area contributed by atoms with Crippen LogP contribution in [0.2, 0.25) is 0 Å². The Bertz CT molecular complexity index is 822. The van der Waals surface area contributed by atoms with Crippen molar-refractivity contribution in [3.63, 3.8) is 0 Å². The lowest BCUT2D eigenvalue weighted by atomic mass is 10.0. The predicted octanol–water partition coefficient (Wildman–Crippen LogP) is 3.79. The Morgan fingerprint density at radius 1 is 1.29 bits per heavy atom. The van der Waals surface area contributed by atoms with E-state index in [2.05, 4.69) is 15.6 Å². The number of hydrogen-bond acceptors (Lipinski definition) is 5. The topological polar surface area (TPSA) is 66.6 Å². The molecule has 2 aromatic rings. The number of halogens is 4. The molecule has 2 heterocycles. The predicted molar refractivity (Wildman–Crippen MR) is 97.2 cm³/mol. The van der Waals surface area contributed by atoms with Crippen LogP contribution in [0.15, 0.2) is 52.1 Å². The lowest BCUT2D eigenvalue weighted by molar-refractivity contribution is -0.155. The van der Waals surface area contributed by atoms with Crippen LogP contribution in [-0.2, 0) is 11.3 Å². The molecule has 28 heavy (non-hydrogen) atoms. The minimum absolute atomic E-state index is 0.0342. The van der Waals surface area contributed by atoms with E-state index in [1.807, 2.05) is 0 Å². The lowest BCUT2D eigenvalue weighted by Crippen LogP contribution is -2.48. The molecule has 10 heteroatoms. The molecule has 3 rings (SSSR count). The number of amides is 1. The van der Waals surface area contributed by atoms with E-state index in [0.717, 1.165) is 11.8 Å². The molecule has 1 aromatic heterocycles. The SMILES string of the molecule is O=C(CSC1=N[C@@H](c2ccco2)C[C@H](C(F)(F)F)N1)NCc1ccc(F)cc1. The standard InChI is InChI=1S/C18H17F4N3O2S/c19-12-5-3-11(4-6-12)9-23-16(26)10-28-17-24-13(14-2-1-7-27-14)8-15(25-17)18(20,21)22/h1-7,13,15H,8-10H2,(H,23,26)(H,24,25)/t13-,15-/m1/s1. The minimum atomic E-state index is -4.45. The number of aliphatic imine (C=N–C) groups is 1. The molecule has 2 atom stereocenters. The quantitative estimate of drug-likeness (QED) is 0.730. The average Bonchev–Trinajstić information content (AvgIpc) is 3.20. The van der Waals surface area contributed by atoms with E-state index in [9.17, 15) is 22.4 Å². The second-order valence-electron chi connectivity index (χ2n) is 6.13. The van der Waals surface area contributed by atoms with E-state index >= 15 is 0 Å². The Hall–Kier alpha value is -2.49. The third-order valence-corrected chi connectivity index (χ3v) is 4.94. The average molecular weight is 415 g/mol. The summed E-state index contributed by atoms with van der Waals surface area (Å²) in [4.78, 5) is 16.2. The summed E-state index contributed by atoms with van der Waals surface area (Å²) in [5.74, 6) is -0.517. The van der Waals surface area contributed by atoms with Crippen LogP contribution in [0.3, 0.4) is 0 Å². The number of alkyl halides is 3. The molecular weight excluding hydrogens is 398 g/mol. The van der Waals surface area contributed by atoms with Crippen LogP contribution in [0, 0.1) is 5.82 Å². The summed E-state index contributed by atoms with van der Waals surface area (Å²) in [6, 6.07) is 6.26. The fourth-order valence-electron chi connectivity index (χ4n) is 2.61. The maximum Gasteiger partial charge on any atom is 0.408 e. The highest BCUT2D eigenvalue weighted by molar-refractivity contribution is 8.14. The summed E-state index contributed by atoms with van der Waals surface area (Å²) < 4.78 is 57.7. The molecule has 5 nitrogen and oxygen atoms in total. The summed E-state index contributed by atoms with van der Waals surface area (Å²) in [5, 5.41) is 5.01. The number of rotatable bonds is 5. The second kappa shape index (κ2) is 8.68. The molecule has 0 aliphatic carbocycles.